The van der Waals surface area contributed by atoms with E-state index in [4.69, 9.17) is 15.5 Å². The lowest BCUT2D eigenvalue weighted by Crippen LogP contribution is -2.35. The number of rotatable bonds is 2. The highest BCUT2D eigenvalue weighted by Crippen LogP contribution is 2.36. The smallest absolute Gasteiger partial charge is 0.264 e. The molecule has 7 heteroatoms. The molecule has 3 aromatic rings. The van der Waals surface area contributed by atoms with E-state index in [-0.39, 0.29) is 12.5 Å². The van der Waals surface area contributed by atoms with Gasteiger partial charge in [-0.1, -0.05) is 0 Å². The number of fused-ring (bicyclic) bond motifs is 2. The van der Waals surface area contributed by atoms with Gasteiger partial charge in [-0.15, -0.1) is 0 Å². The van der Waals surface area contributed by atoms with E-state index in [2.05, 4.69) is 15.9 Å². The Balaban J connectivity index is 1.90. The molecule has 1 amide bonds. The number of amides is 1. The maximum atomic E-state index is 11.9. The molecule has 0 spiro atoms. The lowest BCUT2D eigenvalue weighted by atomic mass is 10.1. The Hall–Kier alpha value is -2.38. The number of hydrogen-bond donors (Lipinski definition) is 1. The van der Waals surface area contributed by atoms with Crippen LogP contribution in [-0.4, -0.2) is 28.9 Å². The minimum atomic E-state index is -0.0716. The van der Waals surface area contributed by atoms with Gasteiger partial charge in [-0.3, -0.25) is 4.79 Å². The van der Waals surface area contributed by atoms with Crippen molar-refractivity contribution >= 4 is 33.2 Å². The van der Waals surface area contributed by atoms with Crippen LogP contribution in [0.4, 0.5) is 5.69 Å². The molecule has 0 bridgehead atoms. The second-order valence-electron chi connectivity index (χ2n) is 5.61. The van der Waals surface area contributed by atoms with E-state index in [1.165, 1.54) is 0 Å². The molecule has 0 unspecified atom stereocenters. The fourth-order valence-corrected chi connectivity index (χ4v) is 3.25. The van der Waals surface area contributed by atoms with E-state index in [1.807, 2.05) is 40.9 Å². The van der Waals surface area contributed by atoms with Crippen molar-refractivity contribution in [2.24, 2.45) is 5.73 Å². The molecule has 0 saturated carbocycles. The highest BCUT2D eigenvalue weighted by atomic mass is 79.9. The van der Waals surface area contributed by atoms with E-state index in [1.54, 1.807) is 11.9 Å². The number of halogens is 1. The monoisotopic (exact) mass is 386 g/mol. The predicted octanol–water partition coefficient (Wildman–Crippen LogP) is 2.58. The van der Waals surface area contributed by atoms with Gasteiger partial charge in [0.1, 0.15) is 11.4 Å². The van der Waals surface area contributed by atoms with Gasteiger partial charge in [0.2, 0.25) is 0 Å². The third kappa shape index (κ3) is 2.28. The lowest BCUT2D eigenvalue weighted by Gasteiger charge is -2.26. The van der Waals surface area contributed by atoms with Gasteiger partial charge in [-0.05, 0) is 46.3 Å². The van der Waals surface area contributed by atoms with Crippen molar-refractivity contribution in [2.45, 2.75) is 6.54 Å². The van der Waals surface area contributed by atoms with Crippen molar-refractivity contribution in [1.29, 1.82) is 0 Å². The van der Waals surface area contributed by atoms with Crippen LogP contribution < -0.4 is 15.4 Å². The van der Waals surface area contributed by atoms with Crippen LogP contribution in [0.1, 0.15) is 5.69 Å². The highest BCUT2D eigenvalue weighted by Gasteiger charge is 2.23. The van der Waals surface area contributed by atoms with E-state index in [0.29, 0.717) is 12.3 Å². The first kappa shape index (κ1) is 15.2. The molecule has 2 aromatic heterocycles. The average Bonchev–Trinajstić information content (AvgIpc) is 2.95. The van der Waals surface area contributed by atoms with Gasteiger partial charge in [-0.25, -0.2) is 4.98 Å². The zero-order valence-corrected chi connectivity index (χ0v) is 14.6. The van der Waals surface area contributed by atoms with Crippen molar-refractivity contribution in [3.8, 4) is 17.0 Å². The van der Waals surface area contributed by atoms with Crippen LogP contribution >= 0.6 is 15.9 Å². The minimum Gasteiger partial charge on any atom is -0.482 e. The molecule has 2 N–H and O–H groups in total. The molecule has 1 aromatic carbocycles. The number of carbonyl (C=O) groups is 1. The molecular weight excluding hydrogens is 372 g/mol. The topological polar surface area (TPSA) is 72.9 Å². The summed E-state index contributed by atoms with van der Waals surface area (Å²) in [7, 11) is 1.75. The quantitative estimate of drug-likeness (QED) is 0.734. The van der Waals surface area contributed by atoms with Crippen LogP contribution in [-0.2, 0) is 11.3 Å². The predicted molar refractivity (Wildman–Crippen MR) is 95.1 cm³/mol. The Kier molecular flexibility index (Phi) is 3.54. The summed E-state index contributed by atoms with van der Waals surface area (Å²) >= 11 is 3.47. The van der Waals surface area contributed by atoms with E-state index in [0.717, 1.165) is 32.8 Å². The number of likely N-dealkylation sites (N-methyl/N-ethyl adjacent to an activating group) is 1. The normalized spacial score (nSPS) is 14.0. The highest BCUT2D eigenvalue weighted by molar-refractivity contribution is 9.10. The van der Waals surface area contributed by atoms with Gasteiger partial charge in [-0.2, -0.15) is 0 Å². The van der Waals surface area contributed by atoms with Gasteiger partial charge in [0.15, 0.2) is 6.61 Å². The van der Waals surface area contributed by atoms with Gasteiger partial charge >= 0.3 is 0 Å². The zero-order chi connectivity index (χ0) is 16.8. The van der Waals surface area contributed by atoms with Gasteiger partial charge in [0, 0.05) is 29.8 Å². The number of benzene rings is 1. The molecule has 0 atom stereocenters. The number of nitrogens with zero attached hydrogens (tertiary/aromatic N) is 3. The third-order valence-electron chi connectivity index (χ3n) is 4.19. The average molecular weight is 387 g/mol. The largest absolute Gasteiger partial charge is 0.482 e. The van der Waals surface area contributed by atoms with Crippen LogP contribution in [0.15, 0.2) is 41.0 Å². The van der Waals surface area contributed by atoms with E-state index in [9.17, 15) is 4.79 Å². The lowest BCUT2D eigenvalue weighted by molar-refractivity contribution is -0.120. The summed E-state index contributed by atoms with van der Waals surface area (Å²) in [5, 5.41) is 0. The van der Waals surface area contributed by atoms with Crippen LogP contribution in [0, 0.1) is 0 Å². The van der Waals surface area contributed by atoms with Gasteiger partial charge in [0.05, 0.1) is 17.1 Å². The summed E-state index contributed by atoms with van der Waals surface area (Å²) in [4.78, 5) is 18.2. The SMILES string of the molecule is CN1C(=O)COc2ccc(-c3nc4ccc(Br)cn4c3CN)cc21. The van der Waals surface area contributed by atoms with E-state index < -0.39 is 0 Å². The number of hydrogen-bond acceptors (Lipinski definition) is 4. The van der Waals surface area contributed by atoms with Gasteiger partial charge in [0.25, 0.3) is 5.91 Å². The Labute approximate surface area is 147 Å². The molecule has 6 nitrogen and oxygen atoms in total. The van der Waals surface area contributed by atoms with Crippen molar-refractivity contribution in [3.05, 3.63) is 46.7 Å². The first-order chi connectivity index (χ1) is 11.6. The number of nitrogens with two attached hydrogens (primary N) is 1. The number of aromatic nitrogens is 2. The van der Waals surface area contributed by atoms with Crippen LogP contribution in [0.25, 0.3) is 16.9 Å². The summed E-state index contributed by atoms with van der Waals surface area (Å²) < 4.78 is 8.41. The molecule has 122 valence electrons. The molecule has 0 aliphatic carbocycles. The number of carbonyl (C=O) groups excluding carboxylic acids is 1. The summed E-state index contributed by atoms with van der Waals surface area (Å²) in [5.74, 6) is 0.624. The maximum Gasteiger partial charge on any atom is 0.264 e. The second kappa shape index (κ2) is 5.61. The molecular formula is C17H15BrN4O2. The van der Waals surface area contributed by atoms with E-state index >= 15 is 0 Å². The summed E-state index contributed by atoms with van der Waals surface area (Å²) in [6, 6.07) is 9.61. The van der Waals surface area contributed by atoms with Crippen molar-refractivity contribution in [1.82, 2.24) is 9.38 Å². The maximum absolute atomic E-state index is 11.9. The van der Waals surface area contributed by atoms with Crippen LogP contribution in [0.2, 0.25) is 0 Å². The fourth-order valence-electron chi connectivity index (χ4n) is 2.91. The molecule has 4 rings (SSSR count). The number of ether oxygens (including phenoxy) is 1. The zero-order valence-electron chi connectivity index (χ0n) is 13.0. The number of anilines is 1. The summed E-state index contributed by atoms with van der Waals surface area (Å²) in [6.07, 6.45) is 1.95. The molecule has 1 aliphatic rings. The molecule has 0 saturated heterocycles. The summed E-state index contributed by atoms with van der Waals surface area (Å²) in [5.41, 5.74) is 10.2. The van der Waals surface area contributed by atoms with Crippen LogP contribution in [0.3, 0.4) is 0 Å². The Morgan fingerprint density at radius 1 is 1.33 bits per heavy atom. The Morgan fingerprint density at radius 2 is 2.17 bits per heavy atom. The Bertz CT molecular complexity index is 967. The first-order valence-electron chi connectivity index (χ1n) is 7.49. The summed E-state index contributed by atoms with van der Waals surface area (Å²) in [6.45, 7) is 0.425. The first-order valence-corrected chi connectivity index (χ1v) is 8.28. The minimum absolute atomic E-state index is 0.0687. The fraction of sp³-hybridized carbons (Fsp3) is 0.176. The Morgan fingerprint density at radius 3 is 2.96 bits per heavy atom. The van der Waals surface area contributed by atoms with Gasteiger partial charge < -0.3 is 19.8 Å². The molecule has 1 aliphatic heterocycles. The molecule has 24 heavy (non-hydrogen) atoms. The second-order valence-corrected chi connectivity index (χ2v) is 6.53. The van der Waals surface area contributed by atoms with Crippen LogP contribution in [0.5, 0.6) is 5.75 Å². The van der Waals surface area contributed by atoms with Crippen molar-refractivity contribution in [2.75, 3.05) is 18.6 Å². The third-order valence-corrected chi connectivity index (χ3v) is 4.66. The molecule has 0 fully saturated rings. The standard InChI is InChI=1S/C17H15BrN4O2/c1-21-12-6-10(2-4-14(12)24-9-16(21)23)17-13(7-19)22-8-11(18)3-5-15(22)20-17/h2-6,8H,7,9,19H2,1H3. The van der Waals surface area contributed by atoms with Crippen molar-refractivity contribution < 1.29 is 9.53 Å². The number of pyridine rings is 1. The molecule has 0 radical (unpaired) electrons. The van der Waals surface area contributed by atoms with Crippen molar-refractivity contribution in [3.63, 3.8) is 0 Å². The molecule has 3 heterocycles. The number of imidazole rings is 1.